The molecular weight excluding hydrogens is 232 g/mol. The Morgan fingerprint density at radius 3 is 3.17 bits per heavy atom. The summed E-state index contributed by atoms with van der Waals surface area (Å²) in [7, 11) is 0. The van der Waals surface area contributed by atoms with Crippen molar-refractivity contribution in [2.75, 3.05) is 0 Å². The summed E-state index contributed by atoms with van der Waals surface area (Å²) >= 11 is 0. The van der Waals surface area contributed by atoms with Crippen LogP contribution in [0.4, 0.5) is 0 Å². The van der Waals surface area contributed by atoms with Gasteiger partial charge in [-0.1, -0.05) is 6.92 Å². The molecule has 1 aliphatic heterocycles. The maximum atomic E-state index is 11.0. The number of aliphatic carboxylic acids is 1. The lowest BCUT2D eigenvalue weighted by molar-refractivity contribution is -0.140. The Kier molecular flexibility index (Phi) is 4.30. The lowest BCUT2D eigenvalue weighted by atomic mass is 9.96. The van der Waals surface area contributed by atoms with Crippen LogP contribution in [0.2, 0.25) is 0 Å². The van der Waals surface area contributed by atoms with Crippen LogP contribution < -0.4 is 5.32 Å². The lowest BCUT2D eigenvalue weighted by Gasteiger charge is -2.28. The highest BCUT2D eigenvalue weighted by Gasteiger charge is 2.26. The number of carbonyl (C=O) groups is 1. The van der Waals surface area contributed by atoms with E-state index in [9.17, 15) is 4.79 Å². The van der Waals surface area contributed by atoms with E-state index in [0.29, 0.717) is 6.42 Å². The van der Waals surface area contributed by atoms with Crippen LogP contribution in [0.15, 0.2) is 6.33 Å². The Bertz CT molecular complexity index is 405. The monoisotopic (exact) mass is 252 g/mol. The van der Waals surface area contributed by atoms with E-state index in [0.717, 1.165) is 38.1 Å². The van der Waals surface area contributed by atoms with Gasteiger partial charge < -0.3 is 10.4 Å². The number of aromatic nitrogens is 3. The quantitative estimate of drug-likeness (QED) is 0.811. The van der Waals surface area contributed by atoms with E-state index in [1.165, 1.54) is 0 Å². The summed E-state index contributed by atoms with van der Waals surface area (Å²) in [6, 6.07) is -0.217. The van der Waals surface area contributed by atoms with Gasteiger partial charge in [-0.3, -0.25) is 9.48 Å². The second-order valence-electron chi connectivity index (χ2n) is 4.79. The van der Waals surface area contributed by atoms with E-state index in [4.69, 9.17) is 5.11 Å². The fourth-order valence-electron chi connectivity index (χ4n) is 2.44. The summed E-state index contributed by atoms with van der Waals surface area (Å²) in [6.45, 7) is 2.97. The Balaban J connectivity index is 1.96. The van der Waals surface area contributed by atoms with Crippen molar-refractivity contribution < 1.29 is 9.90 Å². The Morgan fingerprint density at radius 2 is 2.44 bits per heavy atom. The number of nitrogens with one attached hydrogen (secondary N) is 1. The van der Waals surface area contributed by atoms with Crippen LogP contribution in [-0.2, 0) is 17.8 Å². The Labute approximate surface area is 106 Å². The molecule has 2 rings (SSSR count). The SMILES string of the molecule is CCCn1ncnc1CC1CCCC(C(=O)O)N1. The molecule has 6 heteroatoms. The minimum atomic E-state index is -0.755. The second-order valence-corrected chi connectivity index (χ2v) is 4.79. The van der Waals surface area contributed by atoms with Gasteiger partial charge >= 0.3 is 5.97 Å². The van der Waals surface area contributed by atoms with Gasteiger partial charge in [0.05, 0.1) is 0 Å². The van der Waals surface area contributed by atoms with Crippen molar-refractivity contribution in [2.24, 2.45) is 0 Å². The lowest BCUT2D eigenvalue weighted by Crippen LogP contribution is -2.47. The van der Waals surface area contributed by atoms with Crippen LogP contribution in [0.5, 0.6) is 0 Å². The average molecular weight is 252 g/mol. The van der Waals surface area contributed by atoms with E-state index < -0.39 is 12.0 Å². The predicted octanol–water partition coefficient (Wildman–Crippen LogP) is 0.826. The van der Waals surface area contributed by atoms with E-state index in [1.54, 1.807) is 6.33 Å². The Morgan fingerprint density at radius 1 is 1.61 bits per heavy atom. The standard InChI is InChI=1S/C12H20N4O2/c1-2-6-16-11(13-8-14-16)7-9-4-3-5-10(15-9)12(17)18/h8-10,15H,2-7H2,1H3,(H,17,18). The zero-order chi connectivity index (χ0) is 13.0. The van der Waals surface area contributed by atoms with Crippen LogP contribution in [0.25, 0.3) is 0 Å². The number of hydrogen-bond acceptors (Lipinski definition) is 4. The van der Waals surface area contributed by atoms with Crippen LogP contribution in [0.1, 0.15) is 38.4 Å². The van der Waals surface area contributed by atoms with Crippen LogP contribution in [-0.4, -0.2) is 37.9 Å². The van der Waals surface area contributed by atoms with E-state index in [-0.39, 0.29) is 6.04 Å². The fraction of sp³-hybridized carbons (Fsp3) is 0.750. The van der Waals surface area contributed by atoms with Gasteiger partial charge in [0.15, 0.2) is 0 Å². The fourth-order valence-corrected chi connectivity index (χ4v) is 2.44. The number of hydrogen-bond donors (Lipinski definition) is 2. The third-order valence-electron chi connectivity index (χ3n) is 3.34. The first-order valence-corrected chi connectivity index (χ1v) is 6.56. The predicted molar refractivity (Wildman–Crippen MR) is 66.2 cm³/mol. The molecule has 2 heterocycles. The highest BCUT2D eigenvalue weighted by Crippen LogP contribution is 2.16. The summed E-state index contributed by atoms with van der Waals surface area (Å²) < 4.78 is 1.91. The number of nitrogens with zero attached hydrogens (tertiary/aromatic N) is 3. The van der Waals surface area contributed by atoms with Gasteiger partial charge in [-0.05, 0) is 25.7 Å². The first-order chi connectivity index (χ1) is 8.70. The number of carboxylic acid groups (broad SMARTS) is 1. The molecule has 0 radical (unpaired) electrons. The smallest absolute Gasteiger partial charge is 0.320 e. The summed E-state index contributed by atoms with van der Waals surface area (Å²) in [5.74, 6) is 0.190. The third-order valence-corrected chi connectivity index (χ3v) is 3.34. The van der Waals surface area contributed by atoms with Crippen molar-refractivity contribution in [1.82, 2.24) is 20.1 Å². The van der Waals surface area contributed by atoms with Gasteiger partial charge in [-0.15, -0.1) is 0 Å². The normalized spacial score (nSPS) is 24.1. The number of aryl methyl sites for hydroxylation is 1. The number of piperidine rings is 1. The Hall–Kier alpha value is -1.43. The van der Waals surface area contributed by atoms with Crippen LogP contribution in [0.3, 0.4) is 0 Å². The van der Waals surface area contributed by atoms with Crippen molar-refractivity contribution in [3.63, 3.8) is 0 Å². The van der Waals surface area contributed by atoms with Gasteiger partial charge in [0.2, 0.25) is 0 Å². The topological polar surface area (TPSA) is 80.0 Å². The summed E-state index contributed by atoms with van der Waals surface area (Å²) in [4.78, 5) is 15.2. The van der Waals surface area contributed by atoms with Gasteiger partial charge in [-0.25, -0.2) is 4.98 Å². The summed E-state index contributed by atoms with van der Waals surface area (Å²) in [5, 5.41) is 16.4. The van der Waals surface area contributed by atoms with Gasteiger partial charge in [0.1, 0.15) is 18.2 Å². The first-order valence-electron chi connectivity index (χ1n) is 6.56. The van der Waals surface area contributed by atoms with Crippen molar-refractivity contribution >= 4 is 5.97 Å². The average Bonchev–Trinajstić information content (AvgIpc) is 2.77. The minimum Gasteiger partial charge on any atom is -0.480 e. The van der Waals surface area contributed by atoms with E-state index >= 15 is 0 Å². The highest BCUT2D eigenvalue weighted by molar-refractivity contribution is 5.73. The van der Waals surface area contributed by atoms with Crippen molar-refractivity contribution in [2.45, 2.75) is 57.7 Å². The van der Waals surface area contributed by atoms with Crippen LogP contribution in [0, 0.1) is 0 Å². The number of rotatable bonds is 5. The molecular formula is C12H20N4O2. The highest BCUT2D eigenvalue weighted by atomic mass is 16.4. The van der Waals surface area contributed by atoms with E-state index in [2.05, 4.69) is 22.3 Å². The molecule has 2 N–H and O–H groups in total. The second kappa shape index (κ2) is 5.95. The molecule has 0 amide bonds. The molecule has 0 saturated carbocycles. The first kappa shape index (κ1) is 13.0. The molecule has 0 aromatic carbocycles. The number of carboxylic acids is 1. The minimum absolute atomic E-state index is 0.194. The summed E-state index contributed by atoms with van der Waals surface area (Å²) in [6.07, 6.45) is 6.02. The zero-order valence-electron chi connectivity index (χ0n) is 10.7. The van der Waals surface area contributed by atoms with E-state index in [1.807, 2.05) is 4.68 Å². The molecule has 0 aliphatic carbocycles. The third kappa shape index (κ3) is 3.07. The van der Waals surface area contributed by atoms with Crippen molar-refractivity contribution in [3.8, 4) is 0 Å². The molecule has 2 unspecified atom stereocenters. The molecule has 100 valence electrons. The maximum absolute atomic E-state index is 11.0. The zero-order valence-corrected chi connectivity index (χ0v) is 10.7. The molecule has 18 heavy (non-hydrogen) atoms. The molecule has 1 fully saturated rings. The molecule has 2 atom stereocenters. The van der Waals surface area contributed by atoms with Gasteiger partial charge in [0, 0.05) is 19.0 Å². The van der Waals surface area contributed by atoms with Crippen molar-refractivity contribution in [3.05, 3.63) is 12.2 Å². The molecule has 1 aliphatic rings. The molecule has 1 aromatic rings. The maximum Gasteiger partial charge on any atom is 0.320 e. The molecule has 0 spiro atoms. The van der Waals surface area contributed by atoms with Gasteiger partial charge in [0.25, 0.3) is 0 Å². The van der Waals surface area contributed by atoms with Crippen molar-refractivity contribution in [1.29, 1.82) is 0 Å². The molecule has 6 nitrogen and oxygen atoms in total. The molecule has 0 bridgehead atoms. The molecule has 1 saturated heterocycles. The van der Waals surface area contributed by atoms with Gasteiger partial charge in [-0.2, -0.15) is 5.10 Å². The van der Waals surface area contributed by atoms with Crippen LogP contribution >= 0.6 is 0 Å². The molecule has 1 aromatic heterocycles. The largest absolute Gasteiger partial charge is 0.480 e. The summed E-state index contributed by atoms with van der Waals surface area (Å²) in [5.41, 5.74) is 0.